The lowest BCUT2D eigenvalue weighted by atomic mass is 10.1. The van der Waals surface area contributed by atoms with E-state index < -0.39 is 36.2 Å². The Labute approximate surface area is 211 Å². The molecule has 4 atom stereocenters. The summed E-state index contributed by atoms with van der Waals surface area (Å²) in [6.07, 6.45) is -3.22. The maximum Gasteiger partial charge on any atom is 0.278 e. The topological polar surface area (TPSA) is 118 Å². The first-order chi connectivity index (χ1) is 17.3. The molecule has 0 bridgehead atoms. The molecule has 196 valence electrons. The van der Waals surface area contributed by atoms with Crippen LogP contribution in [0.4, 0.5) is 0 Å². The Morgan fingerprint density at radius 2 is 1.06 bits per heavy atom. The molecule has 0 aliphatic rings. The molecule has 0 heterocycles. The van der Waals surface area contributed by atoms with Crippen LogP contribution in [0, 0.1) is 0 Å². The third-order valence-corrected chi connectivity index (χ3v) is 5.33. The molecule has 0 aliphatic carbocycles. The zero-order chi connectivity index (χ0) is 26.5. The van der Waals surface area contributed by atoms with E-state index in [1.165, 1.54) is 40.5 Å². The van der Waals surface area contributed by atoms with E-state index in [2.05, 4.69) is 0 Å². The van der Waals surface area contributed by atoms with Crippen LogP contribution in [-0.2, 0) is 42.0 Å². The predicted molar refractivity (Wildman–Crippen MR) is 131 cm³/mol. The van der Waals surface area contributed by atoms with Crippen molar-refractivity contribution in [3.8, 4) is 0 Å². The molecular weight excluding hydrogens is 468 g/mol. The molecule has 0 fully saturated rings. The number of ether oxygens (including phenoxy) is 2. The molecule has 0 unspecified atom stereocenters. The van der Waals surface area contributed by atoms with Crippen LogP contribution in [-0.4, -0.2) is 84.9 Å². The average molecular weight is 503 g/mol. The number of rotatable bonds is 14. The van der Waals surface area contributed by atoms with Crippen LogP contribution in [0.1, 0.15) is 11.1 Å². The summed E-state index contributed by atoms with van der Waals surface area (Å²) >= 11 is 0. The summed E-state index contributed by atoms with van der Waals surface area (Å²) < 4.78 is 11.4. The Morgan fingerprint density at radius 3 is 1.36 bits per heavy atom. The minimum atomic E-state index is -1.46. The lowest BCUT2D eigenvalue weighted by Gasteiger charge is -2.26. The number of likely N-dealkylation sites (N-methyl/N-ethyl adjacent to an activating group) is 2. The Kier molecular flexibility index (Phi) is 12.2. The summed E-state index contributed by atoms with van der Waals surface area (Å²) in [5.41, 5.74) is 1.60. The van der Waals surface area contributed by atoms with Gasteiger partial charge in [0.25, 0.3) is 11.8 Å². The SMILES string of the molecule is CON(C)C(=O)[C@H](OCc1ccccc1)[C@@H](O)/C=C/[C@H](O)[C@@H](OCc1ccccc1)C(=O)N(C)OC. The molecule has 0 radical (unpaired) electrons. The smallest absolute Gasteiger partial charge is 0.278 e. The Hall–Kier alpha value is -3.12. The summed E-state index contributed by atoms with van der Waals surface area (Å²) in [5.74, 6) is -1.26. The first kappa shape index (κ1) is 29.1. The lowest BCUT2D eigenvalue weighted by molar-refractivity contribution is -0.187. The summed E-state index contributed by atoms with van der Waals surface area (Å²) in [7, 11) is 5.40. The third kappa shape index (κ3) is 8.83. The van der Waals surface area contributed by atoms with E-state index in [9.17, 15) is 19.8 Å². The van der Waals surface area contributed by atoms with Crippen molar-refractivity contribution in [3.05, 3.63) is 83.9 Å². The van der Waals surface area contributed by atoms with Gasteiger partial charge in [-0.3, -0.25) is 19.3 Å². The lowest BCUT2D eigenvalue weighted by Crippen LogP contribution is -2.45. The number of hydrogen-bond donors (Lipinski definition) is 2. The molecule has 0 aliphatic heterocycles. The van der Waals surface area contributed by atoms with Gasteiger partial charge >= 0.3 is 0 Å². The van der Waals surface area contributed by atoms with Gasteiger partial charge in [-0.05, 0) is 11.1 Å². The van der Waals surface area contributed by atoms with Crippen LogP contribution < -0.4 is 0 Å². The molecule has 0 saturated heterocycles. The van der Waals surface area contributed by atoms with Crippen LogP contribution in [0.15, 0.2) is 72.8 Å². The van der Waals surface area contributed by atoms with Gasteiger partial charge in [-0.2, -0.15) is 0 Å². The Balaban J connectivity index is 2.16. The van der Waals surface area contributed by atoms with E-state index in [1.807, 2.05) is 60.7 Å². The van der Waals surface area contributed by atoms with Crippen molar-refractivity contribution in [2.75, 3.05) is 28.3 Å². The van der Waals surface area contributed by atoms with E-state index in [0.717, 1.165) is 21.3 Å². The molecular formula is C26H34N2O8. The minimum absolute atomic E-state index is 0.0577. The third-order valence-electron chi connectivity index (χ3n) is 5.33. The maximum absolute atomic E-state index is 12.7. The van der Waals surface area contributed by atoms with E-state index >= 15 is 0 Å². The number of aliphatic hydroxyl groups is 2. The molecule has 0 saturated carbocycles. The highest BCUT2D eigenvalue weighted by atomic mass is 16.7. The van der Waals surface area contributed by atoms with E-state index in [-0.39, 0.29) is 13.2 Å². The standard InChI is InChI=1S/C26H34N2O8/c1-27(33-3)25(31)23(35-17-19-11-7-5-8-12-19)21(29)15-16-22(30)24(26(32)28(2)34-4)36-18-20-13-9-6-10-14-20/h5-16,21-24,29-30H,17-18H2,1-4H3/b16-15+/t21-,22-,23+,24+/m0/s1. The van der Waals surface area contributed by atoms with Gasteiger partial charge < -0.3 is 19.7 Å². The quantitative estimate of drug-likeness (QED) is 0.295. The van der Waals surface area contributed by atoms with Gasteiger partial charge in [0, 0.05) is 14.1 Å². The van der Waals surface area contributed by atoms with Gasteiger partial charge in [0.1, 0.15) is 12.2 Å². The highest BCUT2D eigenvalue weighted by molar-refractivity contribution is 5.81. The van der Waals surface area contributed by atoms with Crippen LogP contribution >= 0.6 is 0 Å². The molecule has 0 aromatic heterocycles. The van der Waals surface area contributed by atoms with E-state index in [1.54, 1.807) is 0 Å². The van der Waals surface area contributed by atoms with Crippen molar-refractivity contribution in [1.29, 1.82) is 0 Å². The second-order valence-corrected chi connectivity index (χ2v) is 7.84. The van der Waals surface area contributed by atoms with Gasteiger partial charge in [-0.25, -0.2) is 10.1 Å². The summed E-state index contributed by atoms with van der Waals surface area (Å²) in [6, 6.07) is 18.3. The first-order valence-corrected chi connectivity index (χ1v) is 11.3. The highest BCUT2D eigenvalue weighted by Crippen LogP contribution is 2.14. The zero-order valence-electron chi connectivity index (χ0n) is 20.9. The highest BCUT2D eigenvalue weighted by Gasteiger charge is 2.32. The molecule has 2 aromatic carbocycles. The summed E-state index contributed by atoms with van der Waals surface area (Å²) in [5, 5.41) is 23.4. The fraction of sp³-hybridized carbons (Fsp3) is 0.385. The van der Waals surface area contributed by atoms with Gasteiger partial charge in [0.15, 0.2) is 12.2 Å². The van der Waals surface area contributed by atoms with Crippen molar-refractivity contribution < 1.29 is 39.0 Å². The van der Waals surface area contributed by atoms with Crippen LogP contribution in [0.3, 0.4) is 0 Å². The van der Waals surface area contributed by atoms with Crippen molar-refractivity contribution in [2.45, 2.75) is 37.6 Å². The van der Waals surface area contributed by atoms with E-state index in [0.29, 0.717) is 0 Å². The predicted octanol–water partition coefficient (Wildman–Crippen LogP) is 1.47. The number of benzene rings is 2. The number of amides is 2. The fourth-order valence-corrected chi connectivity index (χ4v) is 3.12. The molecule has 10 nitrogen and oxygen atoms in total. The fourth-order valence-electron chi connectivity index (χ4n) is 3.12. The van der Waals surface area contributed by atoms with Crippen molar-refractivity contribution >= 4 is 11.8 Å². The molecule has 2 aromatic rings. The second-order valence-electron chi connectivity index (χ2n) is 7.84. The van der Waals surface area contributed by atoms with Crippen LogP contribution in [0.5, 0.6) is 0 Å². The molecule has 2 N–H and O–H groups in total. The maximum atomic E-state index is 12.7. The zero-order valence-corrected chi connectivity index (χ0v) is 20.9. The number of hydroxylamine groups is 4. The normalized spacial score (nSPS) is 14.7. The van der Waals surface area contributed by atoms with Crippen LogP contribution in [0.2, 0.25) is 0 Å². The van der Waals surface area contributed by atoms with Gasteiger partial charge in [0.2, 0.25) is 0 Å². The average Bonchev–Trinajstić information content (AvgIpc) is 2.91. The van der Waals surface area contributed by atoms with Gasteiger partial charge in [-0.15, -0.1) is 0 Å². The summed E-state index contributed by atoms with van der Waals surface area (Å²) in [4.78, 5) is 35.3. The first-order valence-electron chi connectivity index (χ1n) is 11.3. The Morgan fingerprint density at radius 1 is 0.722 bits per heavy atom. The monoisotopic (exact) mass is 502 g/mol. The molecule has 36 heavy (non-hydrogen) atoms. The number of carbonyl (C=O) groups excluding carboxylic acids is 2. The van der Waals surface area contributed by atoms with Crippen molar-refractivity contribution in [3.63, 3.8) is 0 Å². The van der Waals surface area contributed by atoms with E-state index in [4.69, 9.17) is 19.1 Å². The van der Waals surface area contributed by atoms with Gasteiger partial charge in [-0.1, -0.05) is 72.8 Å². The number of nitrogens with zero attached hydrogens (tertiary/aromatic N) is 2. The number of hydrogen-bond acceptors (Lipinski definition) is 8. The Bertz CT molecular complexity index is 879. The number of aliphatic hydroxyl groups excluding tert-OH is 2. The minimum Gasteiger partial charge on any atom is -0.386 e. The van der Waals surface area contributed by atoms with Gasteiger partial charge in [0.05, 0.1) is 27.4 Å². The van der Waals surface area contributed by atoms with Crippen molar-refractivity contribution in [2.24, 2.45) is 0 Å². The molecule has 2 rings (SSSR count). The molecule has 10 heteroatoms. The van der Waals surface area contributed by atoms with Crippen LogP contribution in [0.25, 0.3) is 0 Å². The summed E-state index contributed by atoms with van der Waals surface area (Å²) in [6.45, 7) is 0.115. The molecule has 2 amide bonds. The number of carbonyl (C=O) groups is 2. The largest absolute Gasteiger partial charge is 0.386 e. The molecule has 0 spiro atoms. The van der Waals surface area contributed by atoms with Crippen molar-refractivity contribution in [1.82, 2.24) is 10.1 Å². The second kappa shape index (κ2) is 15.1.